The first kappa shape index (κ1) is 48.8. The quantitative estimate of drug-likeness (QED) is 0.0593. The molecule has 5 rings (SSSR count). The summed E-state index contributed by atoms with van der Waals surface area (Å²) >= 11 is 1.40. The molecule has 0 spiro atoms. The fraction of sp³-hybridized carbons (Fsp3) is 0.523. The zero-order valence-electron chi connectivity index (χ0n) is 36.7. The normalized spacial score (nSPS) is 16.5. The van der Waals surface area contributed by atoms with E-state index in [1.807, 2.05) is 37.3 Å². The molecule has 63 heavy (non-hydrogen) atoms. The number of aryl methyl sites for hydroxylation is 1. The molecule has 0 unspecified atom stereocenters. The molecule has 1 aliphatic heterocycles. The summed E-state index contributed by atoms with van der Waals surface area (Å²) in [4.78, 5) is 76.6. The van der Waals surface area contributed by atoms with Gasteiger partial charge in [0.05, 0.1) is 46.9 Å². The van der Waals surface area contributed by atoms with Gasteiger partial charge in [0.25, 0.3) is 5.91 Å². The van der Waals surface area contributed by atoms with Crippen LogP contribution in [-0.4, -0.2) is 119 Å². The summed E-state index contributed by atoms with van der Waals surface area (Å²) in [5.74, 6) is -2.10. The predicted octanol–water partition coefficient (Wildman–Crippen LogP) is 5.00. The van der Waals surface area contributed by atoms with Crippen molar-refractivity contribution in [2.24, 2.45) is 17.0 Å². The minimum absolute atomic E-state index is 0.0185. The van der Waals surface area contributed by atoms with Gasteiger partial charge in [-0.15, -0.1) is 11.3 Å². The van der Waals surface area contributed by atoms with E-state index in [4.69, 9.17) is 9.57 Å². The highest BCUT2D eigenvalue weighted by Crippen LogP contribution is 2.29. The van der Waals surface area contributed by atoms with Gasteiger partial charge in [0.1, 0.15) is 18.2 Å². The number of ether oxygens (including phenoxy) is 1. The SMILES string of the molecule is Cc1nc(CN2C(=O)CN([C@H](C(=O)N[C@@H](Cc3ccccc3)[C@H](O)CN(CC3CCCC3)S(=O)(=O)c3ccc(/C=N/OC(=O)CCNC(=O)OC(C)(C)C)cc3)C(C)C)C2=O)cs1. The van der Waals surface area contributed by atoms with Gasteiger partial charge in [0.15, 0.2) is 0 Å². The molecule has 2 heterocycles. The van der Waals surface area contributed by atoms with Gasteiger partial charge in [-0.2, -0.15) is 4.31 Å². The summed E-state index contributed by atoms with van der Waals surface area (Å²) in [7, 11) is -4.20. The molecule has 2 aliphatic rings. The Kier molecular flexibility index (Phi) is 17.0. The van der Waals surface area contributed by atoms with Gasteiger partial charge in [-0.25, -0.2) is 27.8 Å². The van der Waals surface area contributed by atoms with Gasteiger partial charge in [0.2, 0.25) is 15.9 Å². The molecule has 1 saturated heterocycles. The standard InChI is InChI=1S/C44H59N7O10S2/c1-29(2)40(51-27-38(53)50(43(51)57)25-34-28-62-30(3)47-34)41(55)48-36(22-31-12-8-7-9-13-31)37(52)26-49(24-33-14-10-11-15-33)63(58,59)35-18-16-32(17-19-35)23-46-61-39(54)20-21-45-42(56)60-44(4,5)6/h7-9,12-13,16-19,23,28-29,33,36-37,40,52H,10-11,14-15,20-22,24-27H2,1-6H3,(H,45,56)(H,48,55)/b46-23+/t36-,37+,40-/m0/s1. The Balaban J connectivity index is 1.30. The van der Waals surface area contributed by atoms with Crippen molar-refractivity contribution in [1.29, 1.82) is 0 Å². The Hall–Kier alpha value is -5.24. The van der Waals surface area contributed by atoms with Crippen molar-refractivity contribution >= 4 is 57.5 Å². The van der Waals surface area contributed by atoms with Gasteiger partial charge >= 0.3 is 18.1 Å². The van der Waals surface area contributed by atoms with E-state index in [0.717, 1.165) is 41.2 Å². The lowest BCUT2D eigenvalue weighted by Gasteiger charge is -2.34. The van der Waals surface area contributed by atoms with E-state index in [-0.39, 0.29) is 56.4 Å². The third-order valence-corrected chi connectivity index (χ3v) is 13.3. The number of sulfonamides is 1. The number of aliphatic hydroxyl groups excluding tert-OH is 1. The Morgan fingerprint density at radius 3 is 2.37 bits per heavy atom. The number of imide groups is 1. The summed E-state index contributed by atoms with van der Waals surface area (Å²) in [6, 6.07) is 12.3. The van der Waals surface area contributed by atoms with Crippen molar-refractivity contribution in [3.8, 4) is 0 Å². The van der Waals surface area contributed by atoms with Crippen molar-refractivity contribution in [1.82, 2.24) is 29.7 Å². The smallest absolute Gasteiger partial charge is 0.407 e. The number of aromatic nitrogens is 1. The monoisotopic (exact) mass is 909 g/mol. The van der Waals surface area contributed by atoms with E-state index < -0.39 is 69.6 Å². The largest absolute Gasteiger partial charge is 0.444 e. The lowest BCUT2D eigenvalue weighted by Crippen LogP contribution is -2.57. The number of thiazole rings is 1. The van der Waals surface area contributed by atoms with Crippen LogP contribution in [0.1, 0.15) is 88.6 Å². The average molecular weight is 910 g/mol. The van der Waals surface area contributed by atoms with Gasteiger partial charge < -0.3 is 30.2 Å². The van der Waals surface area contributed by atoms with Crippen LogP contribution in [0.3, 0.4) is 0 Å². The van der Waals surface area contributed by atoms with Gasteiger partial charge in [-0.05, 0) is 82.1 Å². The number of rotatable bonds is 20. The number of hydrogen-bond donors (Lipinski definition) is 3. The summed E-state index contributed by atoms with van der Waals surface area (Å²) in [6.45, 7) is 10.00. The van der Waals surface area contributed by atoms with Crippen molar-refractivity contribution in [2.45, 2.75) is 115 Å². The topological polar surface area (TPSA) is 217 Å². The summed E-state index contributed by atoms with van der Waals surface area (Å²) < 4.78 is 35.2. The van der Waals surface area contributed by atoms with Crippen LogP contribution in [0, 0.1) is 18.8 Å². The molecular weight excluding hydrogens is 851 g/mol. The highest BCUT2D eigenvalue weighted by Gasteiger charge is 2.44. The van der Waals surface area contributed by atoms with Gasteiger partial charge in [-0.3, -0.25) is 14.5 Å². The van der Waals surface area contributed by atoms with Gasteiger partial charge in [-0.1, -0.05) is 74.3 Å². The summed E-state index contributed by atoms with van der Waals surface area (Å²) in [5, 5.41) is 23.7. The molecule has 3 aromatic rings. The summed E-state index contributed by atoms with van der Waals surface area (Å²) in [6.07, 6.45) is 2.77. The Morgan fingerprint density at radius 2 is 1.75 bits per heavy atom. The highest BCUT2D eigenvalue weighted by molar-refractivity contribution is 7.89. The first-order chi connectivity index (χ1) is 29.8. The van der Waals surface area contributed by atoms with Crippen LogP contribution in [-0.2, 0) is 46.9 Å². The van der Waals surface area contributed by atoms with Crippen LogP contribution in [0.15, 0.2) is 70.0 Å². The van der Waals surface area contributed by atoms with Crippen LogP contribution in [0.5, 0.6) is 0 Å². The molecule has 1 aromatic heterocycles. The molecule has 1 aliphatic carbocycles. The second-order valence-electron chi connectivity index (χ2n) is 17.2. The number of urea groups is 1. The maximum Gasteiger partial charge on any atom is 0.407 e. The molecule has 0 bridgehead atoms. The Labute approximate surface area is 373 Å². The maximum absolute atomic E-state index is 14.4. The van der Waals surface area contributed by atoms with E-state index in [9.17, 15) is 37.5 Å². The second kappa shape index (κ2) is 21.9. The van der Waals surface area contributed by atoms with E-state index in [1.165, 1.54) is 51.0 Å². The number of oxime groups is 1. The molecule has 3 atom stereocenters. The third kappa shape index (κ3) is 14.1. The number of hydrogen-bond acceptors (Lipinski definition) is 13. The average Bonchev–Trinajstić information content (AvgIpc) is 3.95. The molecule has 1 saturated carbocycles. The van der Waals surface area contributed by atoms with E-state index in [1.54, 1.807) is 40.0 Å². The molecule has 342 valence electrons. The van der Waals surface area contributed by atoms with E-state index >= 15 is 0 Å². The van der Waals surface area contributed by atoms with Gasteiger partial charge in [0, 0.05) is 25.0 Å². The first-order valence-electron chi connectivity index (χ1n) is 21.2. The van der Waals surface area contributed by atoms with E-state index in [0.29, 0.717) is 11.3 Å². The molecule has 5 amide bonds. The number of benzene rings is 2. The first-order valence-corrected chi connectivity index (χ1v) is 23.5. The molecule has 19 heteroatoms. The molecule has 0 radical (unpaired) electrons. The fourth-order valence-electron chi connectivity index (χ4n) is 7.53. The van der Waals surface area contributed by atoms with Crippen LogP contribution in [0.25, 0.3) is 0 Å². The number of nitrogens with one attached hydrogen (secondary N) is 2. The fourth-order valence-corrected chi connectivity index (χ4v) is 9.67. The number of aliphatic hydroxyl groups is 1. The molecular formula is C44H59N7O10S2. The second-order valence-corrected chi connectivity index (χ2v) is 20.2. The number of carbonyl (C=O) groups is 5. The number of nitrogens with zero attached hydrogens (tertiary/aromatic N) is 5. The van der Waals surface area contributed by atoms with Crippen molar-refractivity contribution < 1.29 is 47.1 Å². The van der Waals surface area contributed by atoms with Crippen molar-refractivity contribution in [3.63, 3.8) is 0 Å². The van der Waals surface area contributed by atoms with Crippen LogP contribution in [0.4, 0.5) is 9.59 Å². The lowest BCUT2D eigenvalue weighted by molar-refractivity contribution is -0.143. The minimum Gasteiger partial charge on any atom is -0.444 e. The maximum atomic E-state index is 14.4. The van der Waals surface area contributed by atoms with E-state index in [2.05, 4.69) is 20.8 Å². The lowest BCUT2D eigenvalue weighted by atomic mass is 9.97. The van der Waals surface area contributed by atoms with Crippen LogP contribution >= 0.6 is 11.3 Å². The number of carbonyl (C=O) groups excluding carboxylic acids is 5. The molecule has 3 N–H and O–H groups in total. The zero-order chi connectivity index (χ0) is 45.9. The number of amides is 5. The van der Waals surface area contributed by atoms with Crippen molar-refractivity contribution in [2.75, 3.05) is 26.2 Å². The Morgan fingerprint density at radius 1 is 1.06 bits per heavy atom. The number of alkyl carbamates (subject to hydrolysis) is 1. The minimum atomic E-state index is -4.20. The van der Waals surface area contributed by atoms with Crippen LogP contribution in [0.2, 0.25) is 0 Å². The van der Waals surface area contributed by atoms with Crippen LogP contribution < -0.4 is 10.6 Å². The molecule has 17 nitrogen and oxygen atoms in total. The third-order valence-electron chi connectivity index (χ3n) is 10.6. The van der Waals surface area contributed by atoms with Crippen molar-refractivity contribution in [3.05, 3.63) is 81.8 Å². The zero-order valence-corrected chi connectivity index (χ0v) is 38.3. The highest BCUT2D eigenvalue weighted by atomic mass is 32.2. The predicted molar refractivity (Wildman–Crippen MR) is 236 cm³/mol. The Bertz CT molecular complexity index is 2190. The summed E-state index contributed by atoms with van der Waals surface area (Å²) in [5.41, 5.74) is 1.12. The molecule has 2 aromatic carbocycles. The molecule has 2 fully saturated rings.